The quantitative estimate of drug-likeness (QED) is 0.946. The first-order chi connectivity index (χ1) is 11.1. The minimum absolute atomic E-state index is 0.309. The van der Waals surface area contributed by atoms with Gasteiger partial charge in [0.05, 0.1) is 24.6 Å². The first-order valence-corrected chi connectivity index (χ1v) is 7.32. The van der Waals surface area contributed by atoms with Crippen LogP contribution in [0.4, 0.5) is 20.2 Å². The molecule has 1 saturated heterocycles. The lowest BCUT2D eigenvalue weighted by atomic mass is 10.2. The van der Waals surface area contributed by atoms with Crippen molar-refractivity contribution in [3.05, 3.63) is 59.7 Å². The van der Waals surface area contributed by atoms with Crippen LogP contribution in [0.3, 0.4) is 0 Å². The average Bonchev–Trinajstić information content (AvgIpc) is 2.56. The molecule has 0 saturated carbocycles. The van der Waals surface area contributed by atoms with Crippen molar-refractivity contribution in [1.29, 1.82) is 0 Å². The van der Waals surface area contributed by atoms with E-state index in [1.807, 2.05) is 4.90 Å². The van der Waals surface area contributed by atoms with E-state index in [-0.39, 0.29) is 0 Å². The predicted molar refractivity (Wildman–Crippen MR) is 83.8 cm³/mol. The molecule has 2 aromatic rings. The van der Waals surface area contributed by atoms with E-state index < -0.39 is 17.5 Å². The van der Waals surface area contributed by atoms with Gasteiger partial charge in [0.2, 0.25) is 0 Å². The minimum atomic E-state index is -0.434. The lowest BCUT2D eigenvalue weighted by Crippen LogP contribution is -2.36. The summed E-state index contributed by atoms with van der Waals surface area (Å²) in [6.07, 6.45) is 0. The Balaban J connectivity index is 1.84. The summed E-state index contributed by atoms with van der Waals surface area (Å²) in [5.74, 6) is -1.26. The summed E-state index contributed by atoms with van der Waals surface area (Å²) in [6.45, 7) is 2.52. The number of halogens is 2. The van der Waals surface area contributed by atoms with Crippen LogP contribution in [0.25, 0.3) is 0 Å². The number of ether oxygens (including phenoxy) is 1. The number of carbonyl (C=O) groups is 1. The Morgan fingerprint density at radius 1 is 1.00 bits per heavy atom. The molecule has 1 aliphatic heterocycles. The molecule has 0 bridgehead atoms. The Morgan fingerprint density at radius 2 is 1.65 bits per heavy atom. The van der Waals surface area contributed by atoms with E-state index in [4.69, 9.17) is 4.74 Å². The predicted octanol–water partition coefficient (Wildman–Crippen LogP) is 3.05. The Morgan fingerprint density at radius 3 is 2.35 bits per heavy atom. The molecule has 1 amide bonds. The second-order valence-corrected chi connectivity index (χ2v) is 5.22. The number of anilines is 2. The van der Waals surface area contributed by atoms with Gasteiger partial charge in [0.25, 0.3) is 5.91 Å². The fourth-order valence-electron chi connectivity index (χ4n) is 2.48. The Hall–Kier alpha value is -2.47. The molecule has 0 unspecified atom stereocenters. The SMILES string of the molecule is O=C(Nc1cc(F)ccc1N1CCOCC1)c1ccc(F)cc1. The molecule has 120 valence electrons. The maximum Gasteiger partial charge on any atom is 0.255 e. The smallest absolute Gasteiger partial charge is 0.255 e. The molecule has 3 rings (SSSR count). The van der Waals surface area contributed by atoms with Gasteiger partial charge in [-0.2, -0.15) is 0 Å². The third-order valence-electron chi connectivity index (χ3n) is 3.66. The maximum atomic E-state index is 13.6. The van der Waals surface area contributed by atoms with Crippen LogP contribution in [0.1, 0.15) is 10.4 Å². The molecule has 0 spiro atoms. The summed E-state index contributed by atoms with van der Waals surface area (Å²) in [4.78, 5) is 14.3. The average molecular weight is 318 g/mol. The Kier molecular flexibility index (Phi) is 4.52. The van der Waals surface area contributed by atoms with E-state index in [1.54, 1.807) is 6.07 Å². The highest BCUT2D eigenvalue weighted by atomic mass is 19.1. The van der Waals surface area contributed by atoms with Gasteiger partial charge in [-0.3, -0.25) is 4.79 Å². The van der Waals surface area contributed by atoms with Crippen LogP contribution in [0.15, 0.2) is 42.5 Å². The topological polar surface area (TPSA) is 41.6 Å². The zero-order valence-corrected chi connectivity index (χ0v) is 12.4. The molecule has 1 heterocycles. The molecular formula is C17H16F2N2O2. The number of hydrogen-bond donors (Lipinski definition) is 1. The van der Waals surface area contributed by atoms with Gasteiger partial charge in [0.1, 0.15) is 11.6 Å². The fraction of sp³-hybridized carbons (Fsp3) is 0.235. The van der Waals surface area contributed by atoms with E-state index in [2.05, 4.69) is 5.32 Å². The lowest BCUT2D eigenvalue weighted by Gasteiger charge is -2.30. The molecule has 1 fully saturated rings. The Labute approximate surface area is 132 Å². The van der Waals surface area contributed by atoms with Gasteiger partial charge in [0.15, 0.2) is 0 Å². The van der Waals surface area contributed by atoms with Crippen molar-refractivity contribution in [1.82, 2.24) is 0 Å². The van der Waals surface area contributed by atoms with Crippen LogP contribution >= 0.6 is 0 Å². The van der Waals surface area contributed by atoms with Crippen LogP contribution in [0.5, 0.6) is 0 Å². The molecule has 2 aromatic carbocycles. The monoisotopic (exact) mass is 318 g/mol. The molecule has 6 heteroatoms. The Bertz CT molecular complexity index is 698. The summed E-state index contributed by atoms with van der Waals surface area (Å²) in [6, 6.07) is 9.48. The molecule has 23 heavy (non-hydrogen) atoms. The van der Waals surface area contributed by atoms with Crippen LogP contribution in [0.2, 0.25) is 0 Å². The summed E-state index contributed by atoms with van der Waals surface area (Å²) >= 11 is 0. The third kappa shape index (κ3) is 3.65. The van der Waals surface area contributed by atoms with Gasteiger partial charge in [-0.1, -0.05) is 0 Å². The lowest BCUT2D eigenvalue weighted by molar-refractivity contribution is 0.102. The summed E-state index contributed by atoms with van der Waals surface area (Å²) in [5, 5.41) is 2.70. The summed E-state index contributed by atoms with van der Waals surface area (Å²) < 4.78 is 31.8. The van der Waals surface area contributed by atoms with Gasteiger partial charge in [-0.25, -0.2) is 8.78 Å². The molecule has 1 aliphatic rings. The van der Waals surface area contributed by atoms with Crippen molar-refractivity contribution in [2.24, 2.45) is 0 Å². The minimum Gasteiger partial charge on any atom is -0.378 e. The number of nitrogens with one attached hydrogen (secondary N) is 1. The summed E-state index contributed by atoms with van der Waals surface area (Å²) in [5.41, 5.74) is 1.44. The van der Waals surface area contributed by atoms with Crippen LogP contribution < -0.4 is 10.2 Å². The van der Waals surface area contributed by atoms with Gasteiger partial charge >= 0.3 is 0 Å². The third-order valence-corrected chi connectivity index (χ3v) is 3.66. The number of nitrogens with zero attached hydrogens (tertiary/aromatic N) is 1. The van der Waals surface area contributed by atoms with E-state index in [0.29, 0.717) is 37.6 Å². The molecule has 4 nitrogen and oxygen atoms in total. The summed E-state index contributed by atoms with van der Waals surface area (Å²) in [7, 11) is 0. The zero-order chi connectivity index (χ0) is 16.2. The van der Waals surface area contributed by atoms with Crippen molar-refractivity contribution >= 4 is 17.3 Å². The van der Waals surface area contributed by atoms with Gasteiger partial charge < -0.3 is 15.0 Å². The molecule has 1 N–H and O–H groups in total. The van der Waals surface area contributed by atoms with Gasteiger partial charge in [-0.15, -0.1) is 0 Å². The number of hydrogen-bond acceptors (Lipinski definition) is 3. The van der Waals surface area contributed by atoms with E-state index in [0.717, 1.165) is 5.69 Å². The number of rotatable bonds is 3. The number of carbonyl (C=O) groups excluding carboxylic acids is 1. The van der Waals surface area contributed by atoms with Crippen LogP contribution in [0, 0.1) is 11.6 Å². The number of amides is 1. The van der Waals surface area contributed by atoms with Crippen molar-refractivity contribution in [2.75, 3.05) is 36.5 Å². The highest BCUT2D eigenvalue weighted by Crippen LogP contribution is 2.28. The highest BCUT2D eigenvalue weighted by Gasteiger charge is 2.17. The van der Waals surface area contributed by atoms with Crippen molar-refractivity contribution in [3.8, 4) is 0 Å². The van der Waals surface area contributed by atoms with Crippen molar-refractivity contribution in [2.45, 2.75) is 0 Å². The zero-order valence-electron chi connectivity index (χ0n) is 12.4. The van der Waals surface area contributed by atoms with Crippen LogP contribution in [-0.4, -0.2) is 32.2 Å². The number of morpholine rings is 1. The largest absolute Gasteiger partial charge is 0.378 e. The molecular weight excluding hydrogens is 302 g/mol. The molecule has 0 atom stereocenters. The maximum absolute atomic E-state index is 13.6. The van der Waals surface area contributed by atoms with Crippen LogP contribution in [-0.2, 0) is 4.74 Å². The first-order valence-electron chi connectivity index (χ1n) is 7.32. The van der Waals surface area contributed by atoms with Gasteiger partial charge in [0, 0.05) is 18.7 Å². The molecule has 0 radical (unpaired) electrons. The second kappa shape index (κ2) is 6.75. The number of benzene rings is 2. The van der Waals surface area contributed by atoms with E-state index >= 15 is 0 Å². The van der Waals surface area contributed by atoms with E-state index in [9.17, 15) is 13.6 Å². The molecule has 0 aromatic heterocycles. The molecule has 0 aliphatic carbocycles. The fourth-order valence-corrected chi connectivity index (χ4v) is 2.48. The second-order valence-electron chi connectivity index (χ2n) is 5.22. The first kappa shape index (κ1) is 15.4. The highest BCUT2D eigenvalue weighted by molar-refractivity contribution is 6.05. The standard InChI is InChI=1S/C17H16F2N2O2/c18-13-3-1-12(2-4-13)17(22)20-15-11-14(19)5-6-16(15)21-7-9-23-10-8-21/h1-6,11H,7-10H2,(H,20,22). The van der Waals surface area contributed by atoms with Crippen molar-refractivity contribution < 1.29 is 18.3 Å². The van der Waals surface area contributed by atoms with Crippen molar-refractivity contribution in [3.63, 3.8) is 0 Å². The van der Waals surface area contributed by atoms with E-state index in [1.165, 1.54) is 36.4 Å². The normalized spacial score (nSPS) is 14.6. The van der Waals surface area contributed by atoms with Gasteiger partial charge in [-0.05, 0) is 42.5 Å².